The van der Waals surface area contributed by atoms with Gasteiger partial charge in [0, 0.05) is 31.5 Å². The second-order valence-electron chi connectivity index (χ2n) is 11.8. The molecule has 51 heavy (non-hydrogen) atoms. The summed E-state index contributed by atoms with van der Waals surface area (Å²) in [4.78, 5) is 54.9. The van der Waals surface area contributed by atoms with Crippen molar-refractivity contribution in [2.24, 2.45) is 5.92 Å². The highest BCUT2D eigenvalue weighted by Crippen LogP contribution is 2.30. The maximum absolute atomic E-state index is 12.8. The van der Waals surface area contributed by atoms with Crippen molar-refractivity contribution in [3.05, 3.63) is 107 Å². The van der Waals surface area contributed by atoms with Crippen LogP contribution in [0.1, 0.15) is 59.3 Å². The molecule has 0 spiro atoms. The first kappa shape index (κ1) is 36.1. The fourth-order valence-electron chi connectivity index (χ4n) is 5.72. The van der Waals surface area contributed by atoms with Gasteiger partial charge in [0.1, 0.15) is 11.7 Å². The highest BCUT2D eigenvalue weighted by molar-refractivity contribution is 6.00. The van der Waals surface area contributed by atoms with Gasteiger partial charge in [-0.15, -0.1) is 10.2 Å². The van der Waals surface area contributed by atoms with Gasteiger partial charge < -0.3 is 20.3 Å². The van der Waals surface area contributed by atoms with E-state index in [0.717, 1.165) is 40.7 Å². The number of aromatic amines is 1. The molecule has 0 radical (unpaired) electrons. The van der Waals surface area contributed by atoms with Crippen LogP contribution in [-0.2, 0) is 40.3 Å². The Morgan fingerprint density at radius 2 is 1.61 bits per heavy atom. The molecule has 0 fully saturated rings. The van der Waals surface area contributed by atoms with E-state index in [1.54, 1.807) is 34.9 Å². The van der Waals surface area contributed by atoms with Gasteiger partial charge in [0.05, 0.1) is 12.2 Å². The van der Waals surface area contributed by atoms with Crippen LogP contribution >= 0.6 is 0 Å². The number of hydroxylamine groups is 1. The molecule has 0 saturated carbocycles. The Morgan fingerprint density at radius 3 is 2.27 bits per heavy atom. The summed E-state index contributed by atoms with van der Waals surface area (Å²) < 4.78 is 1.68. The lowest BCUT2D eigenvalue weighted by Crippen LogP contribution is -2.42. The van der Waals surface area contributed by atoms with Crippen LogP contribution in [0.5, 0.6) is 0 Å². The number of H-pyrrole nitrogens is 1. The molecule has 0 aliphatic carbocycles. The number of benzene rings is 3. The number of aryl methyl sites for hydroxylation is 1. The minimum absolute atomic E-state index is 0.0139. The Kier molecular flexibility index (Phi) is 12.3. The normalized spacial score (nSPS) is 11.5. The van der Waals surface area contributed by atoms with Crippen LogP contribution < -0.4 is 16.1 Å². The number of tetrazole rings is 1. The van der Waals surface area contributed by atoms with Crippen molar-refractivity contribution in [1.82, 2.24) is 46.3 Å². The molecule has 6 N–H and O–H groups in total. The molecule has 2 heterocycles. The number of carbonyl (C=O) groups excluding carboxylic acids is 3. The van der Waals surface area contributed by atoms with Crippen LogP contribution in [0.25, 0.3) is 22.5 Å². The maximum Gasteiger partial charge on any atom is 0.354 e. The number of unbranched alkanes of at least 4 members (excludes halogenated alkanes) is 1. The molecule has 3 aromatic carbocycles. The SMILES string of the molecule is CCCCc1nc(CNC(=O)CCNC(=O)C(Cc2ccccc2)C(=O)NO)c(C(=O)O)n1Cc1ccc(-c2ccccc2-c2nn[nH]n2)cc1. The molecular weight excluding hydrogens is 654 g/mol. The molecule has 0 saturated heterocycles. The number of aromatic carboxylic acids is 1. The van der Waals surface area contributed by atoms with Crippen molar-refractivity contribution in [2.75, 3.05) is 6.54 Å². The second kappa shape index (κ2) is 17.4. The quantitative estimate of drug-likeness (QED) is 0.0474. The smallest absolute Gasteiger partial charge is 0.354 e. The third kappa shape index (κ3) is 9.27. The van der Waals surface area contributed by atoms with Crippen LogP contribution in [0.4, 0.5) is 0 Å². The molecule has 15 nitrogen and oxygen atoms in total. The molecule has 1 atom stereocenters. The van der Waals surface area contributed by atoms with Gasteiger partial charge in [0.25, 0.3) is 5.91 Å². The molecule has 0 aliphatic rings. The van der Waals surface area contributed by atoms with E-state index in [-0.39, 0.29) is 43.9 Å². The third-order valence-electron chi connectivity index (χ3n) is 8.32. The van der Waals surface area contributed by atoms with E-state index in [2.05, 4.69) is 36.2 Å². The summed E-state index contributed by atoms with van der Waals surface area (Å²) in [5, 5.41) is 39.0. The lowest BCUT2D eigenvalue weighted by Gasteiger charge is -2.15. The van der Waals surface area contributed by atoms with E-state index in [1.807, 2.05) is 55.5 Å². The largest absolute Gasteiger partial charge is 0.477 e. The summed E-state index contributed by atoms with van der Waals surface area (Å²) in [6.45, 7) is 2.09. The summed E-state index contributed by atoms with van der Waals surface area (Å²) in [6, 6.07) is 24.4. The summed E-state index contributed by atoms with van der Waals surface area (Å²) in [5.74, 6) is -3.24. The Bertz CT molecular complexity index is 1940. The predicted octanol–water partition coefficient (Wildman–Crippen LogP) is 3.31. The van der Waals surface area contributed by atoms with Gasteiger partial charge >= 0.3 is 5.97 Å². The second-order valence-corrected chi connectivity index (χ2v) is 11.8. The summed E-state index contributed by atoms with van der Waals surface area (Å²) in [7, 11) is 0. The number of imidazole rings is 1. The number of carboxylic acid groups (broad SMARTS) is 1. The fraction of sp³-hybridized carbons (Fsp3) is 0.278. The Morgan fingerprint density at radius 1 is 0.882 bits per heavy atom. The number of aromatic nitrogens is 6. The Hall–Kier alpha value is -6.22. The van der Waals surface area contributed by atoms with Gasteiger partial charge in [-0.3, -0.25) is 19.6 Å². The predicted molar refractivity (Wildman–Crippen MR) is 185 cm³/mol. The molecule has 3 amide bonds. The van der Waals surface area contributed by atoms with Crippen molar-refractivity contribution in [3.63, 3.8) is 0 Å². The number of nitrogens with one attached hydrogen (secondary N) is 4. The van der Waals surface area contributed by atoms with Crippen molar-refractivity contribution in [3.8, 4) is 22.5 Å². The number of hydrogen-bond acceptors (Lipinski definition) is 9. The van der Waals surface area contributed by atoms with Gasteiger partial charge in [-0.1, -0.05) is 92.2 Å². The molecule has 5 aromatic rings. The van der Waals surface area contributed by atoms with E-state index in [1.165, 1.54) is 5.48 Å². The van der Waals surface area contributed by atoms with Gasteiger partial charge in [-0.25, -0.2) is 15.3 Å². The van der Waals surface area contributed by atoms with Crippen LogP contribution in [0, 0.1) is 5.92 Å². The molecular formula is C36H39N9O6. The van der Waals surface area contributed by atoms with Crippen LogP contribution in [0.15, 0.2) is 78.9 Å². The maximum atomic E-state index is 12.8. The zero-order valence-corrected chi connectivity index (χ0v) is 28.0. The first-order chi connectivity index (χ1) is 24.8. The molecule has 0 aliphatic heterocycles. The first-order valence-electron chi connectivity index (χ1n) is 16.5. The van der Waals surface area contributed by atoms with E-state index in [9.17, 15) is 24.3 Å². The van der Waals surface area contributed by atoms with Gasteiger partial charge in [0.2, 0.25) is 17.6 Å². The number of amides is 3. The average Bonchev–Trinajstić information content (AvgIpc) is 3.81. The summed E-state index contributed by atoms with van der Waals surface area (Å²) in [6.07, 6.45) is 2.17. The number of rotatable bonds is 17. The number of nitrogens with zero attached hydrogens (tertiary/aromatic N) is 5. The van der Waals surface area contributed by atoms with Crippen molar-refractivity contribution in [2.45, 2.75) is 52.1 Å². The third-order valence-corrected chi connectivity index (χ3v) is 8.32. The number of carboxylic acids is 1. The van der Waals surface area contributed by atoms with Crippen LogP contribution in [0.2, 0.25) is 0 Å². The molecule has 0 bridgehead atoms. The highest BCUT2D eigenvalue weighted by Gasteiger charge is 2.27. The Balaban J connectivity index is 1.25. The van der Waals surface area contributed by atoms with E-state index < -0.39 is 29.6 Å². The lowest BCUT2D eigenvalue weighted by molar-refractivity contribution is -0.140. The van der Waals surface area contributed by atoms with Crippen LogP contribution in [0.3, 0.4) is 0 Å². The summed E-state index contributed by atoms with van der Waals surface area (Å²) >= 11 is 0. The standard InChI is InChI=1S/C36H39N9O6/c1-2-3-13-30-39-29(21-38-31(46)18-19-37-34(47)28(35(48)42-51)20-23-9-5-4-6-10-23)32(36(49)50)45(30)22-24-14-16-25(17-15-24)26-11-7-8-12-27(26)33-40-43-44-41-33/h4-12,14-17,28,51H,2-3,13,18-22H2,1H3,(H,37,47)(H,38,46)(H,42,48)(H,49,50)(H,40,41,43,44). The minimum Gasteiger partial charge on any atom is -0.477 e. The fourth-order valence-corrected chi connectivity index (χ4v) is 5.72. The number of hydrogen-bond donors (Lipinski definition) is 6. The molecule has 264 valence electrons. The van der Waals surface area contributed by atoms with Gasteiger partial charge in [-0.2, -0.15) is 5.21 Å². The van der Waals surface area contributed by atoms with Crippen molar-refractivity contribution < 1.29 is 29.5 Å². The zero-order valence-electron chi connectivity index (χ0n) is 28.0. The van der Waals surface area contributed by atoms with Gasteiger partial charge in [0.15, 0.2) is 5.69 Å². The zero-order chi connectivity index (χ0) is 36.2. The van der Waals surface area contributed by atoms with Gasteiger partial charge in [-0.05, 0) is 40.3 Å². The average molecular weight is 694 g/mol. The van der Waals surface area contributed by atoms with E-state index in [4.69, 9.17) is 5.21 Å². The molecule has 2 aromatic heterocycles. The lowest BCUT2D eigenvalue weighted by atomic mass is 9.98. The van der Waals surface area contributed by atoms with Crippen molar-refractivity contribution in [1.29, 1.82) is 0 Å². The van der Waals surface area contributed by atoms with E-state index in [0.29, 0.717) is 18.1 Å². The monoisotopic (exact) mass is 693 g/mol. The highest BCUT2D eigenvalue weighted by atomic mass is 16.5. The number of carbonyl (C=O) groups is 4. The molecule has 15 heteroatoms. The van der Waals surface area contributed by atoms with Crippen LogP contribution in [-0.4, -0.2) is 70.7 Å². The topological polar surface area (TPSA) is 217 Å². The Labute approximate surface area is 293 Å². The van der Waals surface area contributed by atoms with E-state index >= 15 is 0 Å². The first-order valence-corrected chi connectivity index (χ1v) is 16.5. The minimum atomic E-state index is -1.20. The summed E-state index contributed by atoms with van der Waals surface area (Å²) in [5.41, 5.74) is 5.99. The molecule has 5 rings (SSSR count). The van der Waals surface area contributed by atoms with Crippen molar-refractivity contribution >= 4 is 23.7 Å². The molecule has 1 unspecified atom stereocenters.